The summed E-state index contributed by atoms with van der Waals surface area (Å²) in [5.41, 5.74) is 3.76. The Balaban J connectivity index is 1.48. The highest BCUT2D eigenvalue weighted by Crippen LogP contribution is 2.30. The van der Waals surface area contributed by atoms with Crippen LogP contribution < -0.4 is 10.2 Å². The molecule has 126 valence electrons. The topological polar surface area (TPSA) is 46.7 Å². The molecule has 1 unspecified atom stereocenters. The molecule has 2 N–H and O–H groups in total. The highest BCUT2D eigenvalue weighted by atomic mass is 32.1. The van der Waals surface area contributed by atoms with E-state index >= 15 is 0 Å². The quantitative estimate of drug-likeness (QED) is 0.579. The van der Waals surface area contributed by atoms with E-state index in [4.69, 9.17) is 4.42 Å². The molecule has 0 radical (unpaired) electrons. The summed E-state index contributed by atoms with van der Waals surface area (Å²) >= 11 is 1.68. The van der Waals surface area contributed by atoms with E-state index in [-0.39, 0.29) is 5.91 Å². The van der Waals surface area contributed by atoms with Crippen molar-refractivity contribution in [1.82, 2.24) is 0 Å². The first kappa shape index (κ1) is 15.9. The molecule has 2 heterocycles. The molecule has 4 rings (SSSR count). The maximum Gasteiger partial charge on any atom is 0.279 e. The number of carbonyl (C=O) groups excluding carboxylic acids is 1. The van der Waals surface area contributed by atoms with Crippen molar-refractivity contribution in [3.8, 4) is 0 Å². The number of nitrogens with one attached hydrogen (secondary N) is 2. The second-order valence-corrected chi connectivity index (χ2v) is 7.08. The van der Waals surface area contributed by atoms with Crippen LogP contribution in [-0.4, -0.2) is 19.5 Å². The molecule has 0 spiro atoms. The lowest BCUT2D eigenvalue weighted by Crippen LogP contribution is -3.08. The van der Waals surface area contributed by atoms with Crippen molar-refractivity contribution in [2.75, 3.05) is 18.9 Å². The van der Waals surface area contributed by atoms with Crippen LogP contribution in [0.25, 0.3) is 21.9 Å². The number of anilines is 1. The molecule has 2 aromatic heterocycles. The molecule has 4 nitrogen and oxygen atoms in total. The van der Waals surface area contributed by atoms with Gasteiger partial charge in [0.25, 0.3) is 5.91 Å². The Bertz CT molecular complexity index is 1020. The summed E-state index contributed by atoms with van der Waals surface area (Å²) in [4.78, 5) is 13.5. The smallest absolute Gasteiger partial charge is 0.279 e. The molecule has 0 saturated carbocycles. The van der Waals surface area contributed by atoms with Crippen LogP contribution in [0.3, 0.4) is 0 Å². The number of hydrogen-bond donors (Lipinski definition) is 2. The normalized spacial score (nSPS) is 12.5. The lowest BCUT2D eigenvalue weighted by molar-refractivity contribution is -0.885. The summed E-state index contributed by atoms with van der Waals surface area (Å²) in [5, 5.41) is 9.27. The van der Waals surface area contributed by atoms with Crippen LogP contribution in [0.1, 0.15) is 5.56 Å². The molecule has 1 atom stereocenters. The van der Waals surface area contributed by atoms with Gasteiger partial charge in [0.2, 0.25) is 0 Å². The lowest BCUT2D eigenvalue weighted by atomic mass is 10.1. The van der Waals surface area contributed by atoms with Gasteiger partial charge in [0, 0.05) is 22.0 Å². The average Bonchev–Trinajstić information content (AvgIpc) is 3.21. The fourth-order valence-electron chi connectivity index (χ4n) is 3.09. The third-order valence-electron chi connectivity index (χ3n) is 4.21. The number of hydrogen-bond acceptors (Lipinski definition) is 3. The van der Waals surface area contributed by atoms with E-state index in [1.165, 1.54) is 5.56 Å². The molecule has 0 aliphatic carbocycles. The minimum atomic E-state index is 0.0138. The first-order valence-corrected chi connectivity index (χ1v) is 9.17. The summed E-state index contributed by atoms with van der Waals surface area (Å²) in [6, 6.07) is 15.8. The Morgan fingerprint density at radius 2 is 1.96 bits per heavy atom. The van der Waals surface area contributed by atoms with E-state index in [0.717, 1.165) is 39.1 Å². The van der Waals surface area contributed by atoms with Gasteiger partial charge in [-0.3, -0.25) is 4.79 Å². The van der Waals surface area contributed by atoms with Crippen LogP contribution >= 0.6 is 11.3 Å². The van der Waals surface area contributed by atoms with E-state index in [2.05, 4.69) is 22.1 Å². The number of quaternary nitrogens is 1. The Hall–Kier alpha value is -2.63. The predicted octanol–water partition coefficient (Wildman–Crippen LogP) is 3.30. The SMILES string of the molecule is C[NH+](CC(=O)Nc1ccc2oc3ccccc3c2c1)Cc1ccsc1. The van der Waals surface area contributed by atoms with Crippen molar-refractivity contribution in [3.05, 3.63) is 64.9 Å². The third-order valence-corrected chi connectivity index (χ3v) is 4.94. The zero-order valence-corrected chi connectivity index (χ0v) is 14.7. The fourth-order valence-corrected chi connectivity index (χ4v) is 3.76. The molecule has 0 saturated heterocycles. The van der Waals surface area contributed by atoms with Gasteiger partial charge in [0.15, 0.2) is 6.54 Å². The number of amides is 1. The molecule has 25 heavy (non-hydrogen) atoms. The number of benzene rings is 2. The van der Waals surface area contributed by atoms with Gasteiger partial charge in [-0.25, -0.2) is 0 Å². The monoisotopic (exact) mass is 351 g/mol. The molecule has 5 heteroatoms. The van der Waals surface area contributed by atoms with E-state index in [1.807, 2.05) is 49.5 Å². The Labute approximate surface area is 149 Å². The van der Waals surface area contributed by atoms with Gasteiger partial charge in [0.1, 0.15) is 17.7 Å². The number of thiophene rings is 1. The molecule has 2 aromatic carbocycles. The molecule has 0 aliphatic heterocycles. The number of fused-ring (bicyclic) bond motifs is 3. The highest BCUT2D eigenvalue weighted by molar-refractivity contribution is 7.07. The standard InChI is InChI=1S/C20H18N2O2S/c1-22(11-14-8-9-25-13-14)12-20(23)21-15-6-7-19-17(10-15)16-4-2-3-5-18(16)24-19/h2-10,13H,11-12H2,1H3,(H,21,23)/p+1. The summed E-state index contributed by atoms with van der Waals surface area (Å²) in [6.45, 7) is 1.28. The van der Waals surface area contributed by atoms with E-state index in [9.17, 15) is 4.79 Å². The van der Waals surface area contributed by atoms with Crippen LogP contribution in [0.2, 0.25) is 0 Å². The van der Waals surface area contributed by atoms with Crippen molar-refractivity contribution in [3.63, 3.8) is 0 Å². The second-order valence-electron chi connectivity index (χ2n) is 6.30. The minimum absolute atomic E-state index is 0.0138. The predicted molar refractivity (Wildman–Crippen MR) is 102 cm³/mol. The average molecular weight is 351 g/mol. The highest BCUT2D eigenvalue weighted by Gasteiger charge is 2.12. The number of rotatable bonds is 5. The molecule has 0 aliphatic rings. The molecular formula is C20H19N2O2S+. The second kappa shape index (κ2) is 6.70. The number of carbonyl (C=O) groups is 1. The number of furan rings is 1. The van der Waals surface area contributed by atoms with Crippen molar-refractivity contribution < 1.29 is 14.1 Å². The van der Waals surface area contributed by atoms with Crippen LogP contribution in [0.15, 0.2) is 63.7 Å². The van der Waals surface area contributed by atoms with Crippen LogP contribution in [-0.2, 0) is 11.3 Å². The van der Waals surface area contributed by atoms with Gasteiger partial charge >= 0.3 is 0 Å². The molecule has 0 fully saturated rings. The number of para-hydroxylation sites is 1. The minimum Gasteiger partial charge on any atom is -0.456 e. The van der Waals surface area contributed by atoms with Gasteiger partial charge in [0.05, 0.1) is 7.05 Å². The summed E-state index contributed by atoms with van der Waals surface area (Å²) < 4.78 is 5.82. The van der Waals surface area contributed by atoms with Gasteiger partial charge < -0.3 is 14.6 Å². The van der Waals surface area contributed by atoms with Crippen LogP contribution in [0.4, 0.5) is 5.69 Å². The Morgan fingerprint density at radius 1 is 1.12 bits per heavy atom. The van der Waals surface area contributed by atoms with Crippen molar-refractivity contribution in [1.29, 1.82) is 0 Å². The maximum atomic E-state index is 12.3. The molecule has 1 amide bonds. The zero-order chi connectivity index (χ0) is 17.2. The van der Waals surface area contributed by atoms with Gasteiger partial charge in [-0.05, 0) is 41.1 Å². The zero-order valence-electron chi connectivity index (χ0n) is 13.9. The van der Waals surface area contributed by atoms with Gasteiger partial charge in [-0.2, -0.15) is 11.3 Å². The summed E-state index contributed by atoms with van der Waals surface area (Å²) in [5.74, 6) is 0.0138. The lowest BCUT2D eigenvalue weighted by Gasteiger charge is -2.13. The largest absolute Gasteiger partial charge is 0.456 e. The molecule has 0 bridgehead atoms. The van der Waals surface area contributed by atoms with E-state index in [0.29, 0.717) is 6.54 Å². The van der Waals surface area contributed by atoms with Gasteiger partial charge in [-0.15, -0.1) is 0 Å². The first-order chi connectivity index (χ1) is 12.2. The summed E-state index contributed by atoms with van der Waals surface area (Å²) in [7, 11) is 2.03. The number of likely N-dealkylation sites (N-methyl/N-ethyl adjacent to an activating group) is 1. The summed E-state index contributed by atoms with van der Waals surface area (Å²) in [6.07, 6.45) is 0. The van der Waals surface area contributed by atoms with Crippen LogP contribution in [0, 0.1) is 0 Å². The third kappa shape index (κ3) is 3.43. The Morgan fingerprint density at radius 3 is 2.80 bits per heavy atom. The van der Waals surface area contributed by atoms with E-state index < -0.39 is 0 Å². The maximum absolute atomic E-state index is 12.3. The van der Waals surface area contributed by atoms with Crippen molar-refractivity contribution in [2.24, 2.45) is 0 Å². The van der Waals surface area contributed by atoms with E-state index in [1.54, 1.807) is 11.3 Å². The molecule has 4 aromatic rings. The van der Waals surface area contributed by atoms with Gasteiger partial charge in [-0.1, -0.05) is 18.2 Å². The Kier molecular flexibility index (Phi) is 4.26. The van der Waals surface area contributed by atoms with Crippen molar-refractivity contribution in [2.45, 2.75) is 6.54 Å². The fraction of sp³-hybridized carbons (Fsp3) is 0.150. The van der Waals surface area contributed by atoms with Crippen LogP contribution in [0.5, 0.6) is 0 Å². The first-order valence-electron chi connectivity index (χ1n) is 8.22. The van der Waals surface area contributed by atoms with Crippen molar-refractivity contribution >= 4 is 44.9 Å². The molecular weight excluding hydrogens is 332 g/mol.